The van der Waals surface area contributed by atoms with Crippen LogP contribution in [0.15, 0.2) is 0 Å². The number of ketones is 1. The summed E-state index contributed by atoms with van der Waals surface area (Å²) in [6, 6.07) is 0. The number of rotatable bonds is 13. The molecule has 0 radical (unpaired) electrons. The Hall–Kier alpha value is -0.940. The molecule has 0 aromatic carbocycles. The van der Waals surface area contributed by atoms with E-state index in [4.69, 9.17) is 15.9 Å². The van der Waals surface area contributed by atoms with Crippen LogP contribution in [0.2, 0.25) is 0 Å². The summed E-state index contributed by atoms with van der Waals surface area (Å²) in [4.78, 5) is 20.6. The highest BCUT2D eigenvalue weighted by molar-refractivity contribution is 5.78. The first kappa shape index (κ1) is 23.3. The molecule has 1 atom stereocenters. The minimum atomic E-state index is -1.23. The van der Waals surface area contributed by atoms with Crippen LogP contribution in [0.5, 0.6) is 0 Å². The van der Waals surface area contributed by atoms with Crippen LogP contribution in [0.3, 0.4) is 0 Å². The highest BCUT2D eigenvalue weighted by Gasteiger charge is 2.01. The smallest absolute Gasteiger partial charge is 0.332 e. The maximum absolute atomic E-state index is 11.2. The topological polar surface area (TPSA) is 101 Å². The number of aliphatic hydroxyl groups is 1. The summed E-state index contributed by atoms with van der Waals surface area (Å²) in [6.07, 6.45) is 11.8. The van der Waals surface area contributed by atoms with Gasteiger partial charge in [0, 0.05) is 12.8 Å². The average Bonchev–Trinajstić information content (AvgIpc) is 2.46. The van der Waals surface area contributed by atoms with Crippen LogP contribution in [0.1, 0.15) is 84.5 Å². The van der Waals surface area contributed by atoms with E-state index >= 15 is 0 Å². The highest BCUT2D eigenvalue weighted by Crippen LogP contribution is 2.10. The standard InChI is InChI=1S/C14H29NO.C3H6O3/c1-2-3-4-5-6-7-8-9-10-11-14(16)12-13-15;1-2(4)3(5)6/h2-13,15H2,1H3;2,4H,1H3,(H,5,6). The number of carboxylic acids is 1. The predicted molar refractivity (Wildman–Crippen MR) is 89.8 cm³/mol. The zero-order chi connectivity index (χ0) is 17.2. The second-order valence-corrected chi connectivity index (χ2v) is 5.67. The van der Waals surface area contributed by atoms with Gasteiger partial charge in [-0.15, -0.1) is 0 Å². The molecule has 0 aliphatic heterocycles. The van der Waals surface area contributed by atoms with Gasteiger partial charge in [-0.2, -0.15) is 0 Å². The van der Waals surface area contributed by atoms with Gasteiger partial charge >= 0.3 is 5.97 Å². The zero-order valence-corrected chi connectivity index (χ0v) is 14.4. The van der Waals surface area contributed by atoms with Crippen molar-refractivity contribution in [2.45, 2.75) is 90.6 Å². The number of carbonyl (C=O) groups excluding carboxylic acids is 1. The van der Waals surface area contributed by atoms with E-state index in [0.717, 1.165) is 12.8 Å². The number of aliphatic carboxylic acids is 1. The molecule has 4 N–H and O–H groups in total. The van der Waals surface area contributed by atoms with Gasteiger partial charge in [-0.3, -0.25) is 4.79 Å². The van der Waals surface area contributed by atoms with E-state index in [2.05, 4.69) is 6.92 Å². The van der Waals surface area contributed by atoms with Gasteiger partial charge in [-0.25, -0.2) is 4.79 Å². The quantitative estimate of drug-likeness (QED) is 0.453. The Kier molecular flexibility index (Phi) is 19.2. The van der Waals surface area contributed by atoms with Crippen LogP contribution in [0.25, 0.3) is 0 Å². The van der Waals surface area contributed by atoms with Crippen molar-refractivity contribution in [3.05, 3.63) is 0 Å². The number of carbonyl (C=O) groups is 2. The molecule has 0 saturated carbocycles. The van der Waals surface area contributed by atoms with Gasteiger partial charge < -0.3 is 15.9 Å². The second kappa shape index (κ2) is 18.1. The summed E-state index contributed by atoms with van der Waals surface area (Å²) < 4.78 is 0. The lowest BCUT2D eigenvalue weighted by molar-refractivity contribution is -0.145. The lowest BCUT2D eigenvalue weighted by atomic mass is 10.0. The third-order valence-electron chi connectivity index (χ3n) is 3.34. The van der Waals surface area contributed by atoms with Crippen molar-refractivity contribution in [1.29, 1.82) is 0 Å². The minimum Gasteiger partial charge on any atom is -0.479 e. The summed E-state index contributed by atoms with van der Waals surface area (Å²) in [6.45, 7) is 3.96. The number of hydrogen-bond donors (Lipinski definition) is 3. The first-order valence-corrected chi connectivity index (χ1v) is 8.58. The maximum atomic E-state index is 11.2. The molecule has 0 saturated heterocycles. The summed E-state index contributed by atoms with van der Waals surface area (Å²) in [7, 11) is 0. The van der Waals surface area contributed by atoms with Crippen LogP contribution < -0.4 is 5.73 Å². The first-order chi connectivity index (χ1) is 10.5. The predicted octanol–water partition coefficient (Wildman–Crippen LogP) is 3.28. The Labute approximate surface area is 135 Å². The largest absolute Gasteiger partial charge is 0.479 e. The number of hydrogen-bond acceptors (Lipinski definition) is 4. The second-order valence-electron chi connectivity index (χ2n) is 5.67. The molecular weight excluding hydrogens is 282 g/mol. The third kappa shape index (κ3) is 21.4. The Morgan fingerprint density at radius 3 is 1.68 bits per heavy atom. The van der Waals surface area contributed by atoms with E-state index in [1.54, 1.807) is 0 Å². The molecule has 0 spiro atoms. The van der Waals surface area contributed by atoms with Gasteiger partial charge in [-0.05, 0) is 19.9 Å². The Morgan fingerprint density at radius 1 is 0.909 bits per heavy atom. The molecule has 5 heteroatoms. The first-order valence-electron chi connectivity index (χ1n) is 8.58. The molecule has 1 unspecified atom stereocenters. The number of carboxylic acid groups (broad SMARTS) is 1. The van der Waals surface area contributed by atoms with Crippen molar-refractivity contribution in [2.24, 2.45) is 5.73 Å². The van der Waals surface area contributed by atoms with Gasteiger partial charge in [0.2, 0.25) is 0 Å². The van der Waals surface area contributed by atoms with E-state index in [1.807, 2.05) is 0 Å². The fourth-order valence-corrected chi connectivity index (χ4v) is 1.92. The minimum absolute atomic E-state index is 0.338. The monoisotopic (exact) mass is 317 g/mol. The van der Waals surface area contributed by atoms with Gasteiger partial charge in [0.05, 0.1) is 0 Å². The molecule has 0 fully saturated rings. The molecule has 22 heavy (non-hydrogen) atoms. The van der Waals surface area contributed by atoms with E-state index in [0.29, 0.717) is 18.7 Å². The molecule has 5 nitrogen and oxygen atoms in total. The van der Waals surface area contributed by atoms with Crippen molar-refractivity contribution < 1.29 is 19.8 Å². The molecule has 0 aliphatic carbocycles. The maximum Gasteiger partial charge on any atom is 0.332 e. The SMILES string of the molecule is CC(O)C(=O)O.CCCCCCCCCCCC(=O)CCN. The summed E-state index contributed by atoms with van der Waals surface area (Å²) in [5.41, 5.74) is 5.32. The van der Waals surface area contributed by atoms with Crippen LogP contribution >= 0.6 is 0 Å². The molecule has 0 aliphatic rings. The molecule has 0 heterocycles. The van der Waals surface area contributed by atoms with Gasteiger partial charge in [0.15, 0.2) is 0 Å². The molecular formula is C17H35NO4. The normalized spacial score (nSPS) is 11.5. The van der Waals surface area contributed by atoms with E-state index in [-0.39, 0.29) is 0 Å². The van der Waals surface area contributed by atoms with Crippen molar-refractivity contribution >= 4 is 11.8 Å². The van der Waals surface area contributed by atoms with Crippen LogP contribution in [0, 0.1) is 0 Å². The molecule has 132 valence electrons. The van der Waals surface area contributed by atoms with Crippen molar-refractivity contribution in [3.8, 4) is 0 Å². The molecule has 0 amide bonds. The Morgan fingerprint density at radius 2 is 1.32 bits per heavy atom. The Bertz CT molecular complexity index is 267. The fourth-order valence-electron chi connectivity index (χ4n) is 1.92. The highest BCUT2D eigenvalue weighted by atomic mass is 16.4. The van der Waals surface area contributed by atoms with Crippen LogP contribution in [-0.4, -0.2) is 34.6 Å². The summed E-state index contributed by atoms with van der Waals surface area (Å²) >= 11 is 0. The van der Waals surface area contributed by atoms with Crippen molar-refractivity contribution in [2.75, 3.05) is 6.54 Å². The van der Waals surface area contributed by atoms with Crippen LogP contribution in [0.4, 0.5) is 0 Å². The summed E-state index contributed by atoms with van der Waals surface area (Å²) in [5.74, 6) is -0.847. The lowest BCUT2D eigenvalue weighted by Gasteiger charge is -2.01. The molecule has 0 rings (SSSR count). The summed E-state index contributed by atoms with van der Waals surface area (Å²) in [5, 5.41) is 15.8. The molecule has 0 bridgehead atoms. The average molecular weight is 317 g/mol. The van der Waals surface area contributed by atoms with Gasteiger partial charge in [0.1, 0.15) is 11.9 Å². The zero-order valence-electron chi connectivity index (χ0n) is 14.4. The number of Topliss-reactive ketones (excluding diaryl/α,β-unsaturated/α-hetero) is 1. The fraction of sp³-hybridized carbons (Fsp3) is 0.882. The van der Waals surface area contributed by atoms with Gasteiger partial charge in [-0.1, -0.05) is 58.3 Å². The number of unbranched alkanes of at least 4 members (excludes halogenated alkanes) is 8. The van der Waals surface area contributed by atoms with Crippen molar-refractivity contribution in [1.82, 2.24) is 0 Å². The van der Waals surface area contributed by atoms with E-state index < -0.39 is 12.1 Å². The lowest BCUT2D eigenvalue weighted by Crippen LogP contribution is -2.13. The Balaban J connectivity index is 0. The molecule has 0 aromatic heterocycles. The van der Waals surface area contributed by atoms with E-state index in [9.17, 15) is 9.59 Å². The third-order valence-corrected chi connectivity index (χ3v) is 3.34. The van der Waals surface area contributed by atoms with E-state index in [1.165, 1.54) is 58.3 Å². The molecule has 0 aromatic rings. The van der Waals surface area contributed by atoms with Gasteiger partial charge in [0.25, 0.3) is 0 Å². The number of aliphatic hydroxyl groups excluding tert-OH is 1. The number of nitrogens with two attached hydrogens (primary N) is 1. The van der Waals surface area contributed by atoms with Crippen LogP contribution in [-0.2, 0) is 9.59 Å². The van der Waals surface area contributed by atoms with Crippen molar-refractivity contribution in [3.63, 3.8) is 0 Å².